The lowest BCUT2D eigenvalue weighted by Gasteiger charge is -2.37. The molecule has 2 N–H and O–H groups in total. The van der Waals surface area contributed by atoms with Crippen LogP contribution in [0.5, 0.6) is 0 Å². The fourth-order valence-corrected chi connectivity index (χ4v) is 5.06. The normalized spacial score (nSPS) is 28.6. The summed E-state index contributed by atoms with van der Waals surface area (Å²) in [6, 6.07) is 5.77. The Bertz CT molecular complexity index is 620. The summed E-state index contributed by atoms with van der Waals surface area (Å²) in [6.07, 6.45) is 0.287. The number of thiophene rings is 1. The standard InChI is InChI=1S/C21H37N5OS/c1-15(2)26-12-16(3)18(14-26)24-21(22-5)23-11-19(20-7-6-10-28-20)25-8-9-27-17(4)13-25/h6-7,10,15-19H,8-9,11-14H2,1-5H3,(H2,22,23,24). The summed E-state index contributed by atoms with van der Waals surface area (Å²) in [4.78, 5) is 11.0. The van der Waals surface area contributed by atoms with E-state index in [0.29, 0.717) is 24.0 Å². The van der Waals surface area contributed by atoms with Crippen molar-refractivity contribution in [3.63, 3.8) is 0 Å². The van der Waals surface area contributed by atoms with Crippen molar-refractivity contribution in [1.29, 1.82) is 0 Å². The number of hydrogen-bond donors (Lipinski definition) is 2. The van der Waals surface area contributed by atoms with Gasteiger partial charge >= 0.3 is 0 Å². The van der Waals surface area contributed by atoms with Crippen molar-refractivity contribution in [3.8, 4) is 0 Å². The molecule has 4 atom stereocenters. The number of ether oxygens (including phenoxy) is 1. The Morgan fingerprint density at radius 2 is 2.11 bits per heavy atom. The molecule has 0 saturated carbocycles. The molecule has 3 heterocycles. The molecule has 4 unspecified atom stereocenters. The maximum Gasteiger partial charge on any atom is 0.191 e. The SMILES string of the molecule is CN=C(NCC(c1cccs1)N1CCOC(C)C1)NC1CN(C(C)C)CC1C. The molecule has 0 amide bonds. The molecule has 6 nitrogen and oxygen atoms in total. The van der Waals surface area contributed by atoms with E-state index < -0.39 is 0 Å². The molecule has 28 heavy (non-hydrogen) atoms. The Balaban J connectivity index is 1.60. The molecule has 0 bridgehead atoms. The van der Waals surface area contributed by atoms with Crippen LogP contribution in [0.15, 0.2) is 22.5 Å². The number of hydrogen-bond acceptors (Lipinski definition) is 5. The minimum Gasteiger partial charge on any atom is -0.376 e. The second kappa shape index (κ2) is 10.1. The zero-order chi connectivity index (χ0) is 20.1. The van der Waals surface area contributed by atoms with Crippen LogP contribution in [-0.2, 0) is 4.74 Å². The van der Waals surface area contributed by atoms with Crippen LogP contribution in [0.4, 0.5) is 0 Å². The van der Waals surface area contributed by atoms with E-state index in [1.54, 1.807) is 0 Å². The van der Waals surface area contributed by atoms with Crippen LogP contribution in [0.1, 0.15) is 38.6 Å². The van der Waals surface area contributed by atoms with Crippen molar-refractivity contribution in [1.82, 2.24) is 20.4 Å². The molecule has 1 aromatic rings. The van der Waals surface area contributed by atoms with E-state index in [4.69, 9.17) is 4.74 Å². The van der Waals surface area contributed by atoms with E-state index in [9.17, 15) is 0 Å². The number of morpholine rings is 1. The fraction of sp³-hybridized carbons (Fsp3) is 0.762. The third-order valence-electron chi connectivity index (χ3n) is 5.96. The van der Waals surface area contributed by atoms with Crippen LogP contribution in [0.25, 0.3) is 0 Å². The summed E-state index contributed by atoms with van der Waals surface area (Å²) in [5, 5.41) is 9.44. The van der Waals surface area contributed by atoms with Gasteiger partial charge in [0.15, 0.2) is 5.96 Å². The van der Waals surface area contributed by atoms with Crippen molar-refractivity contribution < 1.29 is 4.74 Å². The molecule has 1 aromatic heterocycles. The van der Waals surface area contributed by atoms with E-state index in [2.05, 4.69) is 70.6 Å². The maximum absolute atomic E-state index is 5.75. The molecular formula is C21H37N5OS. The summed E-state index contributed by atoms with van der Waals surface area (Å²) in [5.41, 5.74) is 0. The summed E-state index contributed by atoms with van der Waals surface area (Å²) in [6.45, 7) is 14.9. The quantitative estimate of drug-likeness (QED) is 0.560. The predicted molar refractivity (Wildman–Crippen MR) is 118 cm³/mol. The maximum atomic E-state index is 5.75. The van der Waals surface area contributed by atoms with Gasteiger partial charge in [0.05, 0.1) is 18.8 Å². The van der Waals surface area contributed by atoms with Crippen LogP contribution >= 0.6 is 11.3 Å². The Kier molecular flexibility index (Phi) is 7.74. The topological polar surface area (TPSA) is 52.1 Å². The van der Waals surface area contributed by atoms with Crippen molar-refractivity contribution in [2.24, 2.45) is 10.9 Å². The Morgan fingerprint density at radius 3 is 2.71 bits per heavy atom. The fourth-order valence-electron chi connectivity index (χ4n) is 4.20. The molecule has 7 heteroatoms. The van der Waals surface area contributed by atoms with E-state index in [0.717, 1.165) is 45.3 Å². The summed E-state index contributed by atoms with van der Waals surface area (Å²) < 4.78 is 5.75. The summed E-state index contributed by atoms with van der Waals surface area (Å²) in [7, 11) is 1.87. The van der Waals surface area contributed by atoms with Crippen LogP contribution in [0.3, 0.4) is 0 Å². The first-order chi connectivity index (χ1) is 13.5. The molecule has 0 spiro atoms. The van der Waals surface area contributed by atoms with Gasteiger partial charge in [-0.1, -0.05) is 13.0 Å². The van der Waals surface area contributed by atoms with Crippen LogP contribution in [-0.4, -0.2) is 80.3 Å². The number of guanidine groups is 1. The number of aliphatic imine (C=N–C) groups is 1. The average molecular weight is 408 g/mol. The van der Waals surface area contributed by atoms with E-state index in [1.165, 1.54) is 4.88 Å². The molecule has 0 aromatic carbocycles. The molecule has 0 aliphatic carbocycles. The second-order valence-corrected chi connectivity index (χ2v) is 9.42. The Hall–Kier alpha value is -1.15. The number of likely N-dealkylation sites (tertiary alicyclic amines) is 1. The van der Waals surface area contributed by atoms with E-state index in [-0.39, 0.29) is 6.10 Å². The van der Waals surface area contributed by atoms with Crippen LogP contribution in [0, 0.1) is 5.92 Å². The highest BCUT2D eigenvalue weighted by Gasteiger charge is 2.32. The lowest BCUT2D eigenvalue weighted by molar-refractivity contribution is -0.0334. The molecule has 2 fully saturated rings. The number of nitrogens with zero attached hydrogens (tertiary/aromatic N) is 3. The highest BCUT2D eigenvalue weighted by atomic mass is 32.1. The summed E-state index contributed by atoms with van der Waals surface area (Å²) in [5.74, 6) is 1.53. The third-order valence-corrected chi connectivity index (χ3v) is 6.94. The average Bonchev–Trinajstić information content (AvgIpc) is 3.31. The van der Waals surface area contributed by atoms with Gasteiger partial charge in [-0.3, -0.25) is 14.8 Å². The zero-order valence-electron chi connectivity index (χ0n) is 18.0. The van der Waals surface area contributed by atoms with Crippen molar-refractivity contribution in [2.75, 3.05) is 46.4 Å². The van der Waals surface area contributed by atoms with Crippen LogP contribution < -0.4 is 10.6 Å². The van der Waals surface area contributed by atoms with E-state index >= 15 is 0 Å². The van der Waals surface area contributed by atoms with Crippen molar-refractivity contribution in [3.05, 3.63) is 22.4 Å². The first-order valence-corrected chi connectivity index (χ1v) is 11.5. The summed E-state index contributed by atoms with van der Waals surface area (Å²) >= 11 is 1.83. The Labute approximate surface area is 174 Å². The molecule has 0 radical (unpaired) electrons. The molecule has 3 rings (SSSR count). The van der Waals surface area contributed by atoms with Gasteiger partial charge in [0.1, 0.15) is 0 Å². The Morgan fingerprint density at radius 1 is 1.29 bits per heavy atom. The molecule has 2 aliphatic rings. The molecule has 2 saturated heterocycles. The first kappa shape index (κ1) is 21.6. The van der Waals surface area contributed by atoms with Gasteiger partial charge in [0.2, 0.25) is 0 Å². The zero-order valence-corrected chi connectivity index (χ0v) is 18.8. The van der Waals surface area contributed by atoms with Gasteiger partial charge in [-0.25, -0.2) is 0 Å². The molecule has 158 valence electrons. The van der Waals surface area contributed by atoms with Gasteiger partial charge in [0.25, 0.3) is 0 Å². The van der Waals surface area contributed by atoms with Crippen molar-refractivity contribution in [2.45, 2.75) is 51.9 Å². The first-order valence-electron chi connectivity index (χ1n) is 10.6. The van der Waals surface area contributed by atoms with E-state index in [1.807, 2.05) is 18.4 Å². The number of rotatable bonds is 6. The van der Waals surface area contributed by atoms with Gasteiger partial charge in [0, 0.05) is 56.7 Å². The minimum absolute atomic E-state index is 0.287. The largest absolute Gasteiger partial charge is 0.376 e. The smallest absolute Gasteiger partial charge is 0.191 e. The number of nitrogens with one attached hydrogen (secondary N) is 2. The molecular weight excluding hydrogens is 370 g/mol. The van der Waals surface area contributed by atoms with Gasteiger partial charge in [-0.15, -0.1) is 11.3 Å². The van der Waals surface area contributed by atoms with Gasteiger partial charge in [-0.2, -0.15) is 0 Å². The minimum atomic E-state index is 0.287. The van der Waals surface area contributed by atoms with Gasteiger partial charge < -0.3 is 15.4 Å². The van der Waals surface area contributed by atoms with Crippen molar-refractivity contribution >= 4 is 17.3 Å². The highest BCUT2D eigenvalue weighted by molar-refractivity contribution is 7.10. The second-order valence-electron chi connectivity index (χ2n) is 8.44. The predicted octanol–water partition coefficient (Wildman–Crippen LogP) is 2.40. The van der Waals surface area contributed by atoms with Gasteiger partial charge in [-0.05, 0) is 38.1 Å². The third kappa shape index (κ3) is 5.47. The van der Waals surface area contributed by atoms with Crippen LogP contribution in [0.2, 0.25) is 0 Å². The highest BCUT2D eigenvalue weighted by Crippen LogP contribution is 2.26. The molecule has 2 aliphatic heterocycles. The monoisotopic (exact) mass is 407 g/mol. The lowest BCUT2D eigenvalue weighted by Crippen LogP contribution is -2.50. The lowest BCUT2D eigenvalue weighted by atomic mass is 10.1.